The third kappa shape index (κ3) is 2.42. The number of nitrogens with two attached hydrogens (primary N) is 1. The van der Waals surface area contributed by atoms with Crippen molar-refractivity contribution in [2.75, 3.05) is 6.54 Å². The second-order valence-electron chi connectivity index (χ2n) is 4.62. The predicted molar refractivity (Wildman–Crippen MR) is 64.2 cm³/mol. The number of hydrogen-bond acceptors (Lipinski definition) is 2. The lowest BCUT2D eigenvalue weighted by molar-refractivity contribution is 0.0935. The van der Waals surface area contributed by atoms with Gasteiger partial charge in [-0.05, 0) is 37.3 Å². The van der Waals surface area contributed by atoms with Gasteiger partial charge >= 0.3 is 0 Å². The molecule has 0 heterocycles. The second kappa shape index (κ2) is 4.66. The minimum Gasteiger partial charge on any atom is -0.352 e. The molecule has 3 nitrogen and oxygen atoms in total. The van der Waals surface area contributed by atoms with E-state index < -0.39 is 0 Å². The summed E-state index contributed by atoms with van der Waals surface area (Å²) in [5, 5.41) is 2.97. The van der Waals surface area contributed by atoms with Crippen molar-refractivity contribution in [3.05, 3.63) is 35.4 Å². The molecule has 0 unspecified atom stereocenters. The van der Waals surface area contributed by atoms with Crippen molar-refractivity contribution >= 4 is 5.91 Å². The van der Waals surface area contributed by atoms with Crippen LogP contribution in [-0.4, -0.2) is 18.5 Å². The largest absolute Gasteiger partial charge is 0.352 e. The van der Waals surface area contributed by atoms with E-state index in [1.165, 1.54) is 0 Å². The molecule has 1 fully saturated rings. The summed E-state index contributed by atoms with van der Waals surface area (Å²) < 4.78 is 0. The molecular formula is C13H18N2O. The molecule has 16 heavy (non-hydrogen) atoms. The number of carbonyl (C=O) groups is 1. The molecule has 1 aromatic carbocycles. The van der Waals surface area contributed by atoms with Crippen molar-refractivity contribution in [3.8, 4) is 0 Å². The molecular weight excluding hydrogens is 200 g/mol. The zero-order valence-electron chi connectivity index (χ0n) is 9.57. The molecule has 0 spiro atoms. The van der Waals surface area contributed by atoms with E-state index in [0.29, 0.717) is 12.0 Å². The van der Waals surface area contributed by atoms with Gasteiger partial charge in [0.05, 0.1) is 0 Å². The van der Waals surface area contributed by atoms with Gasteiger partial charge in [0.1, 0.15) is 0 Å². The van der Waals surface area contributed by atoms with Gasteiger partial charge in [-0.15, -0.1) is 0 Å². The Morgan fingerprint density at radius 2 is 2.12 bits per heavy atom. The Balaban J connectivity index is 1.86. The van der Waals surface area contributed by atoms with Crippen LogP contribution in [0.1, 0.15) is 28.8 Å². The van der Waals surface area contributed by atoms with Crippen LogP contribution in [0.15, 0.2) is 24.3 Å². The van der Waals surface area contributed by atoms with Crippen LogP contribution in [0, 0.1) is 12.8 Å². The highest BCUT2D eigenvalue weighted by Crippen LogP contribution is 2.24. The summed E-state index contributed by atoms with van der Waals surface area (Å²) in [4.78, 5) is 11.8. The van der Waals surface area contributed by atoms with E-state index in [1.807, 2.05) is 31.2 Å². The highest BCUT2D eigenvalue weighted by atomic mass is 16.1. The molecule has 1 aliphatic rings. The van der Waals surface area contributed by atoms with Gasteiger partial charge in [0, 0.05) is 18.2 Å². The maximum Gasteiger partial charge on any atom is 0.251 e. The average Bonchev–Trinajstić information content (AvgIpc) is 2.23. The SMILES string of the molecule is Cc1ccccc1C(=O)NCC1CC(N)C1. The Bertz CT molecular complexity index is 383. The first-order valence-corrected chi connectivity index (χ1v) is 5.76. The van der Waals surface area contributed by atoms with Crippen LogP contribution < -0.4 is 11.1 Å². The Morgan fingerprint density at radius 1 is 1.44 bits per heavy atom. The monoisotopic (exact) mass is 218 g/mol. The minimum absolute atomic E-state index is 0.0265. The van der Waals surface area contributed by atoms with E-state index in [9.17, 15) is 4.79 Å². The summed E-state index contributed by atoms with van der Waals surface area (Å²) in [6, 6.07) is 7.99. The lowest BCUT2D eigenvalue weighted by Gasteiger charge is -2.32. The zero-order valence-corrected chi connectivity index (χ0v) is 9.57. The fourth-order valence-electron chi connectivity index (χ4n) is 2.11. The lowest BCUT2D eigenvalue weighted by atomic mass is 9.81. The highest BCUT2D eigenvalue weighted by molar-refractivity contribution is 5.95. The fraction of sp³-hybridized carbons (Fsp3) is 0.462. The maximum absolute atomic E-state index is 11.8. The van der Waals surface area contributed by atoms with Gasteiger partial charge in [0.2, 0.25) is 0 Å². The van der Waals surface area contributed by atoms with Crippen LogP contribution in [0.2, 0.25) is 0 Å². The van der Waals surface area contributed by atoms with Crippen molar-refractivity contribution in [1.29, 1.82) is 0 Å². The highest BCUT2D eigenvalue weighted by Gasteiger charge is 2.26. The van der Waals surface area contributed by atoms with Crippen LogP contribution in [-0.2, 0) is 0 Å². The van der Waals surface area contributed by atoms with Crippen molar-refractivity contribution in [2.24, 2.45) is 11.7 Å². The number of rotatable bonds is 3. The van der Waals surface area contributed by atoms with E-state index in [1.54, 1.807) is 0 Å². The molecule has 1 aliphatic carbocycles. The Kier molecular flexibility index (Phi) is 3.25. The van der Waals surface area contributed by atoms with Crippen LogP contribution in [0.4, 0.5) is 0 Å². The molecule has 86 valence electrons. The van der Waals surface area contributed by atoms with Gasteiger partial charge in [-0.3, -0.25) is 4.79 Å². The average molecular weight is 218 g/mol. The van der Waals surface area contributed by atoms with Crippen LogP contribution in [0.25, 0.3) is 0 Å². The molecule has 1 aromatic rings. The summed E-state index contributed by atoms with van der Waals surface area (Å²) in [5.41, 5.74) is 7.49. The molecule has 0 radical (unpaired) electrons. The molecule has 0 bridgehead atoms. The van der Waals surface area contributed by atoms with E-state index >= 15 is 0 Å². The Morgan fingerprint density at radius 3 is 2.75 bits per heavy atom. The fourth-order valence-corrected chi connectivity index (χ4v) is 2.11. The van der Waals surface area contributed by atoms with E-state index in [-0.39, 0.29) is 5.91 Å². The van der Waals surface area contributed by atoms with Crippen molar-refractivity contribution in [1.82, 2.24) is 5.32 Å². The van der Waals surface area contributed by atoms with Gasteiger partial charge < -0.3 is 11.1 Å². The standard InChI is InChI=1S/C13H18N2O/c1-9-4-2-3-5-12(9)13(16)15-8-10-6-11(14)7-10/h2-5,10-11H,6-8,14H2,1H3,(H,15,16). The smallest absolute Gasteiger partial charge is 0.251 e. The molecule has 0 saturated heterocycles. The van der Waals surface area contributed by atoms with Crippen molar-refractivity contribution in [2.45, 2.75) is 25.8 Å². The topological polar surface area (TPSA) is 55.1 Å². The van der Waals surface area contributed by atoms with Gasteiger partial charge in [-0.2, -0.15) is 0 Å². The van der Waals surface area contributed by atoms with Crippen LogP contribution in [0.5, 0.6) is 0 Å². The number of nitrogens with one attached hydrogen (secondary N) is 1. The summed E-state index contributed by atoms with van der Waals surface area (Å²) >= 11 is 0. The molecule has 0 aromatic heterocycles. The summed E-state index contributed by atoms with van der Waals surface area (Å²) in [6.45, 7) is 2.70. The van der Waals surface area contributed by atoms with Crippen LogP contribution >= 0.6 is 0 Å². The number of amides is 1. The number of benzene rings is 1. The van der Waals surface area contributed by atoms with Gasteiger partial charge in [0.25, 0.3) is 5.91 Å². The molecule has 1 amide bonds. The van der Waals surface area contributed by atoms with Crippen molar-refractivity contribution < 1.29 is 4.79 Å². The van der Waals surface area contributed by atoms with Crippen molar-refractivity contribution in [3.63, 3.8) is 0 Å². The van der Waals surface area contributed by atoms with E-state index in [2.05, 4.69) is 5.32 Å². The van der Waals surface area contributed by atoms with E-state index in [4.69, 9.17) is 5.73 Å². The van der Waals surface area contributed by atoms with E-state index in [0.717, 1.165) is 30.5 Å². The van der Waals surface area contributed by atoms with Gasteiger partial charge in [-0.25, -0.2) is 0 Å². The molecule has 3 N–H and O–H groups in total. The number of carbonyl (C=O) groups excluding carboxylic acids is 1. The maximum atomic E-state index is 11.8. The summed E-state index contributed by atoms with van der Waals surface area (Å²) in [7, 11) is 0. The minimum atomic E-state index is 0.0265. The quantitative estimate of drug-likeness (QED) is 0.807. The molecule has 1 saturated carbocycles. The molecule has 0 aliphatic heterocycles. The molecule has 3 heteroatoms. The number of hydrogen-bond donors (Lipinski definition) is 2. The second-order valence-corrected chi connectivity index (χ2v) is 4.62. The Hall–Kier alpha value is -1.35. The summed E-state index contributed by atoms with van der Waals surface area (Å²) in [6.07, 6.45) is 2.07. The Labute approximate surface area is 96.0 Å². The van der Waals surface area contributed by atoms with Crippen LogP contribution in [0.3, 0.4) is 0 Å². The number of aryl methyl sites for hydroxylation is 1. The first-order valence-electron chi connectivity index (χ1n) is 5.76. The normalized spacial score (nSPS) is 23.6. The first kappa shape index (κ1) is 11.1. The zero-order chi connectivity index (χ0) is 11.5. The lowest BCUT2D eigenvalue weighted by Crippen LogP contribution is -2.42. The molecule has 2 rings (SSSR count). The molecule has 0 atom stereocenters. The summed E-state index contributed by atoms with van der Waals surface area (Å²) in [5.74, 6) is 0.599. The van der Waals surface area contributed by atoms with Gasteiger partial charge in [-0.1, -0.05) is 18.2 Å². The van der Waals surface area contributed by atoms with Gasteiger partial charge in [0.15, 0.2) is 0 Å². The third-order valence-corrected chi connectivity index (χ3v) is 3.21. The third-order valence-electron chi connectivity index (χ3n) is 3.21. The predicted octanol–water partition coefficient (Wildman–Crippen LogP) is 1.46. The first-order chi connectivity index (χ1) is 7.66.